The van der Waals surface area contributed by atoms with Gasteiger partial charge in [-0.3, -0.25) is 4.79 Å². The average Bonchev–Trinajstić information content (AvgIpc) is 2.41. The molecule has 0 aromatic heterocycles. The minimum atomic E-state index is -3.87. The van der Waals surface area contributed by atoms with Crippen LogP contribution >= 0.6 is 10.7 Å². The first-order chi connectivity index (χ1) is 9.72. The van der Waals surface area contributed by atoms with Gasteiger partial charge in [0.15, 0.2) is 0 Å². The minimum absolute atomic E-state index is 0.0570. The Morgan fingerprint density at radius 2 is 1.95 bits per heavy atom. The number of amides is 1. The summed E-state index contributed by atoms with van der Waals surface area (Å²) in [4.78, 5) is 14.1. The van der Waals surface area contributed by atoms with Gasteiger partial charge < -0.3 is 9.64 Å². The molecule has 0 saturated carbocycles. The van der Waals surface area contributed by atoms with Crippen LogP contribution in [-0.4, -0.2) is 46.0 Å². The van der Waals surface area contributed by atoms with E-state index in [0.717, 1.165) is 5.56 Å². The number of carbonyl (C=O) groups excluding carboxylic acids is 1. The molecule has 0 aliphatic rings. The van der Waals surface area contributed by atoms with Gasteiger partial charge in [0.25, 0.3) is 15.0 Å². The van der Waals surface area contributed by atoms with Gasteiger partial charge in [-0.1, -0.05) is 0 Å². The summed E-state index contributed by atoms with van der Waals surface area (Å²) in [5, 5.41) is 0. The molecular formula is C14H20ClNO4S. The molecule has 1 aromatic carbocycles. The highest BCUT2D eigenvalue weighted by molar-refractivity contribution is 8.13. The zero-order valence-electron chi connectivity index (χ0n) is 12.6. The van der Waals surface area contributed by atoms with Crippen molar-refractivity contribution in [3.05, 3.63) is 28.8 Å². The van der Waals surface area contributed by atoms with E-state index in [1.165, 1.54) is 12.1 Å². The summed E-state index contributed by atoms with van der Waals surface area (Å²) in [6, 6.07) is 2.81. The second kappa shape index (κ2) is 7.24. The lowest BCUT2D eigenvalue weighted by atomic mass is 10.0. The SMILES string of the molecule is CCN(CCOC)C(=O)c1cc(S(=O)(=O)Cl)cc(C)c1C. The van der Waals surface area contributed by atoms with E-state index < -0.39 is 9.05 Å². The molecule has 0 spiro atoms. The summed E-state index contributed by atoms with van der Waals surface area (Å²) in [5.74, 6) is -0.225. The van der Waals surface area contributed by atoms with Crippen LogP contribution in [0.3, 0.4) is 0 Å². The smallest absolute Gasteiger partial charge is 0.261 e. The van der Waals surface area contributed by atoms with Crippen molar-refractivity contribution in [2.45, 2.75) is 25.7 Å². The molecule has 0 saturated heterocycles. The van der Waals surface area contributed by atoms with Crippen molar-refractivity contribution in [1.29, 1.82) is 0 Å². The maximum Gasteiger partial charge on any atom is 0.261 e. The fourth-order valence-electron chi connectivity index (χ4n) is 1.96. The summed E-state index contributed by atoms with van der Waals surface area (Å²) in [5.41, 5.74) is 1.81. The Morgan fingerprint density at radius 3 is 2.43 bits per heavy atom. The van der Waals surface area contributed by atoms with Gasteiger partial charge in [-0.25, -0.2) is 8.42 Å². The van der Waals surface area contributed by atoms with E-state index in [1.807, 2.05) is 6.92 Å². The molecule has 0 unspecified atom stereocenters. The van der Waals surface area contributed by atoms with E-state index in [-0.39, 0.29) is 10.8 Å². The number of carbonyl (C=O) groups is 1. The molecule has 1 rings (SSSR count). The zero-order valence-corrected chi connectivity index (χ0v) is 14.2. The predicted octanol–water partition coefficient (Wildman–Crippen LogP) is 2.34. The zero-order chi connectivity index (χ0) is 16.2. The molecule has 0 aliphatic heterocycles. The van der Waals surface area contributed by atoms with Gasteiger partial charge >= 0.3 is 0 Å². The van der Waals surface area contributed by atoms with Crippen molar-refractivity contribution < 1.29 is 17.9 Å². The molecule has 0 radical (unpaired) electrons. The standard InChI is InChI=1S/C14H20ClNO4S/c1-5-16(6-7-20-4)14(17)13-9-12(21(15,18)19)8-10(2)11(13)3/h8-9H,5-7H2,1-4H3. The molecule has 7 heteroatoms. The van der Waals surface area contributed by atoms with Crippen molar-refractivity contribution in [3.8, 4) is 0 Å². The third kappa shape index (κ3) is 4.43. The normalized spacial score (nSPS) is 11.5. The highest BCUT2D eigenvalue weighted by Crippen LogP contribution is 2.23. The molecule has 0 heterocycles. The summed E-state index contributed by atoms with van der Waals surface area (Å²) >= 11 is 0. The molecule has 0 aliphatic carbocycles. The van der Waals surface area contributed by atoms with Crippen LogP contribution in [0.15, 0.2) is 17.0 Å². The molecule has 118 valence electrons. The van der Waals surface area contributed by atoms with Crippen LogP contribution in [-0.2, 0) is 13.8 Å². The van der Waals surface area contributed by atoms with Crippen molar-refractivity contribution in [1.82, 2.24) is 4.90 Å². The Balaban J connectivity index is 3.28. The van der Waals surface area contributed by atoms with E-state index >= 15 is 0 Å². The Kier molecular flexibility index (Phi) is 6.19. The maximum absolute atomic E-state index is 12.6. The summed E-state index contributed by atoms with van der Waals surface area (Å²) in [6.07, 6.45) is 0. The minimum Gasteiger partial charge on any atom is -0.383 e. The van der Waals surface area contributed by atoms with Crippen LogP contribution < -0.4 is 0 Å². The predicted molar refractivity (Wildman–Crippen MR) is 82.4 cm³/mol. The molecule has 0 atom stereocenters. The second-order valence-corrected chi connectivity index (χ2v) is 7.29. The van der Waals surface area contributed by atoms with Gasteiger partial charge in [-0.15, -0.1) is 0 Å². The Hall–Kier alpha value is -1.11. The van der Waals surface area contributed by atoms with Crippen molar-refractivity contribution in [2.75, 3.05) is 26.8 Å². The maximum atomic E-state index is 12.6. The van der Waals surface area contributed by atoms with E-state index in [9.17, 15) is 13.2 Å². The van der Waals surface area contributed by atoms with E-state index in [2.05, 4.69) is 0 Å². The number of nitrogens with zero attached hydrogens (tertiary/aromatic N) is 1. The first kappa shape index (κ1) is 17.9. The highest BCUT2D eigenvalue weighted by Gasteiger charge is 2.21. The largest absolute Gasteiger partial charge is 0.383 e. The summed E-state index contributed by atoms with van der Waals surface area (Å²) in [7, 11) is 3.08. The number of methoxy groups -OCH3 is 1. The Bertz CT molecular complexity index is 628. The molecule has 1 amide bonds. The molecule has 21 heavy (non-hydrogen) atoms. The summed E-state index contributed by atoms with van der Waals surface area (Å²) < 4.78 is 28.0. The summed E-state index contributed by atoms with van der Waals surface area (Å²) in [6.45, 7) is 6.78. The molecule has 1 aromatic rings. The lowest BCUT2D eigenvalue weighted by Crippen LogP contribution is -2.34. The number of halogens is 1. The van der Waals surface area contributed by atoms with Gasteiger partial charge in [-0.05, 0) is 44.0 Å². The van der Waals surface area contributed by atoms with Crippen LogP contribution in [0.5, 0.6) is 0 Å². The first-order valence-electron chi connectivity index (χ1n) is 6.56. The van der Waals surface area contributed by atoms with Crippen molar-refractivity contribution >= 4 is 25.6 Å². The Labute approximate surface area is 130 Å². The van der Waals surface area contributed by atoms with E-state index in [4.69, 9.17) is 15.4 Å². The van der Waals surface area contributed by atoms with Gasteiger partial charge in [0.05, 0.1) is 11.5 Å². The van der Waals surface area contributed by atoms with Gasteiger partial charge in [0.2, 0.25) is 0 Å². The van der Waals surface area contributed by atoms with Crippen LogP contribution in [0.25, 0.3) is 0 Å². The van der Waals surface area contributed by atoms with Crippen LogP contribution in [0.4, 0.5) is 0 Å². The van der Waals surface area contributed by atoms with Gasteiger partial charge in [0.1, 0.15) is 0 Å². The average molecular weight is 334 g/mol. The third-order valence-electron chi connectivity index (χ3n) is 3.39. The Morgan fingerprint density at radius 1 is 1.33 bits per heavy atom. The topological polar surface area (TPSA) is 63.7 Å². The van der Waals surface area contributed by atoms with E-state index in [1.54, 1.807) is 25.9 Å². The van der Waals surface area contributed by atoms with Crippen LogP contribution in [0.1, 0.15) is 28.4 Å². The fourth-order valence-corrected chi connectivity index (χ4v) is 2.81. The molecular weight excluding hydrogens is 314 g/mol. The molecule has 0 bridgehead atoms. The molecule has 0 fully saturated rings. The highest BCUT2D eigenvalue weighted by atomic mass is 35.7. The lowest BCUT2D eigenvalue weighted by Gasteiger charge is -2.22. The third-order valence-corrected chi connectivity index (χ3v) is 4.72. The fraction of sp³-hybridized carbons (Fsp3) is 0.500. The second-order valence-electron chi connectivity index (χ2n) is 4.73. The number of ether oxygens (including phenoxy) is 1. The van der Waals surface area contributed by atoms with Gasteiger partial charge in [0, 0.05) is 36.4 Å². The quantitative estimate of drug-likeness (QED) is 0.750. The molecule has 5 nitrogen and oxygen atoms in total. The van der Waals surface area contributed by atoms with Crippen molar-refractivity contribution in [3.63, 3.8) is 0 Å². The van der Waals surface area contributed by atoms with Crippen LogP contribution in [0.2, 0.25) is 0 Å². The first-order valence-corrected chi connectivity index (χ1v) is 8.87. The number of likely N-dealkylation sites (N-methyl/N-ethyl adjacent to an activating group) is 1. The number of rotatable bonds is 6. The molecule has 0 N–H and O–H groups in total. The number of hydrogen-bond donors (Lipinski definition) is 0. The van der Waals surface area contributed by atoms with Gasteiger partial charge in [-0.2, -0.15) is 0 Å². The number of hydrogen-bond acceptors (Lipinski definition) is 4. The monoisotopic (exact) mass is 333 g/mol. The number of aryl methyl sites for hydroxylation is 1. The van der Waals surface area contributed by atoms with Crippen LogP contribution in [0, 0.1) is 13.8 Å². The van der Waals surface area contributed by atoms with Crippen molar-refractivity contribution in [2.24, 2.45) is 0 Å². The lowest BCUT2D eigenvalue weighted by molar-refractivity contribution is 0.0705. The van der Waals surface area contributed by atoms with E-state index in [0.29, 0.717) is 30.8 Å². The number of benzene rings is 1.